The normalized spacial score (nSPS) is 13.1. The molecule has 0 radical (unpaired) electrons. The third-order valence-corrected chi connectivity index (χ3v) is 10.9. The van der Waals surface area contributed by atoms with Crippen molar-refractivity contribution in [2.45, 2.75) is 19.3 Å². The molecule has 0 bridgehead atoms. The molecule has 10 rings (SSSR count). The summed E-state index contributed by atoms with van der Waals surface area (Å²) < 4.78 is 6.34. The molecule has 0 spiro atoms. The van der Waals surface area contributed by atoms with E-state index in [9.17, 15) is 0 Å². The third-order valence-electron chi connectivity index (χ3n) is 10.9. The van der Waals surface area contributed by atoms with Crippen LogP contribution in [-0.4, -0.2) is 0 Å². The van der Waals surface area contributed by atoms with Crippen LogP contribution in [0, 0.1) is 0 Å². The molecule has 0 fully saturated rings. The van der Waals surface area contributed by atoms with Crippen molar-refractivity contribution < 1.29 is 4.42 Å². The van der Waals surface area contributed by atoms with E-state index in [1.807, 2.05) is 12.1 Å². The molecule has 8 aromatic carbocycles. The molecule has 2 heteroatoms. The van der Waals surface area contributed by atoms with Gasteiger partial charge in [-0.2, -0.15) is 0 Å². The summed E-state index contributed by atoms with van der Waals surface area (Å²) in [6.45, 7) is 4.69. The van der Waals surface area contributed by atoms with Crippen LogP contribution < -0.4 is 4.90 Å². The molecule has 242 valence electrons. The first-order valence-electron chi connectivity index (χ1n) is 17.7. The molecule has 1 aliphatic carbocycles. The van der Waals surface area contributed by atoms with E-state index in [0.29, 0.717) is 0 Å². The second-order valence-electron chi connectivity index (χ2n) is 14.1. The largest absolute Gasteiger partial charge is 0.456 e. The molecule has 0 saturated carbocycles. The minimum atomic E-state index is -0.0395. The lowest BCUT2D eigenvalue weighted by molar-refractivity contribution is 0.660. The molecule has 0 amide bonds. The van der Waals surface area contributed by atoms with Crippen LogP contribution in [0.4, 0.5) is 17.1 Å². The average molecular weight is 654 g/mol. The molecule has 1 aliphatic rings. The van der Waals surface area contributed by atoms with Gasteiger partial charge in [-0.25, -0.2) is 0 Å². The molecule has 1 aromatic heterocycles. The fraction of sp³-hybridized carbons (Fsp3) is 0.0612. The van der Waals surface area contributed by atoms with E-state index in [2.05, 4.69) is 183 Å². The molecule has 51 heavy (non-hydrogen) atoms. The maximum absolute atomic E-state index is 6.34. The standard InChI is InChI=1S/C49H35NO/c1-49(2)43-18-8-5-16-39(43)40-28-24-34(30-44(40)49)32-22-26-36(27-23-32)50(46-20-11-13-33-12-3-4-14-37(33)46)45-19-9-6-15-38(45)35-25-29-42-41-17-7-10-21-47(41)51-48(42)31-35/h3-31H,1-2H3. The first kappa shape index (κ1) is 29.5. The van der Waals surface area contributed by atoms with E-state index in [1.165, 1.54) is 44.2 Å². The third kappa shape index (κ3) is 4.64. The number of hydrogen-bond acceptors (Lipinski definition) is 2. The average Bonchev–Trinajstić information content (AvgIpc) is 3.67. The first-order chi connectivity index (χ1) is 25.0. The Bertz CT molecular complexity index is 2780. The van der Waals surface area contributed by atoms with E-state index in [1.54, 1.807) is 0 Å². The number of fused-ring (bicyclic) bond motifs is 7. The van der Waals surface area contributed by atoms with E-state index in [4.69, 9.17) is 4.42 Å². The molecule has 0 unspecified atom stereocenters. The van der Waals surface area contributed by atoms with E-state index >= 15 is 0 Å². The Morgan fingerprint density at radius 2 is 1.04 bits per heavy atom. The molecular weight excluding hydrogens is 619 g/mol. The van der Waals surface area contributed by atoms with Gasteiger partial charge in [0.2, 0.25) is 0 Å². The highest BCUT2D eigenvalue weighted by Crippen LogP contribution is 2.50. The molecule has 0 saturated heterocycles. The van der Waals surface area contributed by atoms with Gasteiger partial charge >= 0.3 is 0 Å². The Labute approximate surface area is 297 Å². The Morgan fingerprint density at radius 1 is 0.412 bits per heavy atom. The zero-order valence-electron chi connectivity index (χ0n) is 28.6. The van der Waals surface area contributed by atoms with Crippen molar-refractivity contribution in [1.29, 1.82) is 0 Å². The quantitative estimate of drug-likeness (QED) is 0.184. The summed E-state index contributed by atoms with van der Waals surface area (Å²) in [7, 11) is 0. The van der Waals surface area contributed by atoms with Crippen LogP contribution >= 0.6 is 0 Å². The van der Waals surface area contributed by atoms with Crippen LogP contribution in [0.25, 0.3) is 66.1 Å². The Morgan fingerprint density at radius 3 is 1.92 bits per heavy atom. The Kier molecular flexibility index (Phi) is 6.56. The Hall–Kier alpha value is -6.38. The summed E-state index contributed by atoms with van der Waals surface area (Å²) in [5, 5.41) is 4.68. The minimum Gasteiger partial charge on any atom is -0.456 e. The number of benzene rings is 8. The first-order valence-corrected chi connectivity index (χ1v) is 17.7. The van der Waals surface area contributed by atoms with E-state index in [0.717, 1.165) is 50.1 Å². The monoisotopic (exact) mass is 653 g/mol. The molecular formula is C49H35NO. The van der Waals surface area contributed by atoms with Gasteiger partial charge in [-0.05, 0) is 92.9 Å². The summed E-state index contributed by atoms with van der Waals surface area (Å²) in [6, 6.07) is 63.7. The summed E-state index contributed by atoms with van der Waals surface area (Å²) in [5.41, 5.74) is 15.3. The van der Waals surface area contributed by atoms with Gasteiger partial charge in [0.25, 0.3) is 0 Å². The SMILES string of the molecule is CC1(C)c2ccccc2-c2ccc(-c3ccc(N(c4ccccc4-c4ccc5c(c4)oc4ccccc45)c4cccc5ccccc45)cc3)cc21. The van der Waals surface area contributed by atoms with Crippen molar-refractivity contribution in [2.75, 3.05) is 4.90 Å². The lowest BCUT2D eigenvalue weighted by atomic mass is 9.81. The molecule has 0 N–H and O–H groups in total. The van der Waals surface area contributed by atoms with Crippen LogP contribution in [0.1, 0.15) is 25.0 Å². The van der Waals surface area contributed by atoms with Crippen LogP contribution in [0.5, 0.6) is 0 Å². The number of anilines is 3. The summed E-state index contributed by atoms with van der Waals surface area (Å²) in [6.07, 6.45) is 0. The number of furan rings is 1. The summed E-state index contributed by atoms with van der Waals surface area (Å²) >= 11 is 0. The smallest absolute Gasteiger partial charge is 0.136 e. The lowest BCUT2D eigenvalue weighted by Crippen LogP contribution is -2.14. The second kappa shape index (κ2) is 11.3. The second-order valence-corrected chi connectivity index (χ2v) is 14.1. The molecule has 0 aliphatic heterocycles. The number of hydrogen-bond donors (Lipinski definition) is 0. The number of rotatable bonds is 5. The van der Waals surface area contributed by atoms with Gasteiger partial charge in [-0.1, -0.05) is 141 Å². The Balaban J connectivity index is 1.11. The lowest BCUT2D eigenvalue weighted by Gasteiger charge is -2.29. The summed E-state index contributed by atoms with van der Waals surface area (Å²) in [5.74, 6) is 0. The van der Waals surface area contributed by atoms with Crippen molar-refractivity contribution >= 4 is 49.8 Å². The molecule has 2 nitrogen and oxygen atoms in total. The predicted octanol–water partition coefficient (Wildman–Crippen LogP) is 13.8. The molecule has 1 heterocycles. The maximum atomic E-state index is 6.34. The number of nitrogens with zero attached hydrogens (tertiary/aromatic N) is 1. The van der Waals surface area contributed by atoms with Crippen LogP contribution in [0.15, 0.2) is 180 Å². The van der Waals surface area contributed by atoms with Gasteiger partial charge < -0.3 is 9.32 Å². The van der Waals surface area contributed by atoms with Crippen molar-refractivity contribution in [2.24, 2.45) is 0 Å². The van der Waals surface area contributed by atoms with Crippen LogP contribution in [0.2, 0.25) is 0 Å². The van der Waals surface area contributed by atoms with Crippen molar-refractivity contribution in [3.8, 4) is 33.4 Å². The highest BCUT2D eigenvalue weighted by molar-refractivity contribution is 6.07. The van der Waals surface area contributed by atoms with Gasteiger partial charge in [0, 0.05) is 32.8 Å². The van der Waals surface area contributed by atoms with Crippen LogP contribution in [-0.2, 0) is 5.41 Å². The topological polar surface area (TPSA) is 16.4 Å². The molecule has 9 aromatic rings. The fourth-order valence-corrected chi connectivity index (χ4v) is 8.30. The number of para-hydroxylation sites is 2. The van der Waals surface area contributed by atoms with Gasteiger partial charge in [-0.15, -0.1) is 0 Å². The van der Waals surface area contributed by atoms with E-state index in [-0.39, 0.29) is 5.41 Å². The highest BCUT2D eigenvalue weighted by Gasteiger charge is 2.35. The predicted molar refractivity (Wildman–Crippen MR) is 214 cm³/mol. The van der Waals surface area contributed by atoms with Crippen molar-refractivity contribution in [3.63, 3.8) is 0 Å². The summed E-state index contributed by atoms with van der Waals surface area (Å²) in [4.78, 5) is 2.41. The van der Waals surface area contributed by atoms with Crippen molar-refractivity contribution in [1.82, 2.24) is 0 Å². The van der Waals surface area contributed by atoms with E-state index < -0.39 is 0 Å². The zero-order chi connectivity index (χ0) is 34.1. The van der Waals surface area contributed by atoms with Gasteiger partial charge in [0.1, 0.15) is 11.2 Å². The van der Waals surface area contributed by atoms with Gasteiger partial charge in [-0.3, -0.25) is 0 Å². The molecule has 0 atom stereocenters. The van der Waals surface area contributed by atoms with Gasteiger partial charge in [0.15, 0.2) is 0 Å². The highest BCUT2D eigenvalue weighted by atomic mass is 16.3. The maximum Gasteiger partial charge on any atom is 0.136 e. The van der Waals surface area contributed by atoms with Crippen LogP contribution in [0.3, 0.4) is 0 Å². The fourth-order valence-electron chi connectivity index (χ4n) is 8.30. The zero-order valence-corrected chi connectivity index (χ0v) is 28.6. The minimum absolute atomic E-state index is 0.0395. The van der Waals surface area contributed by atoms with Crippen molar-refractivity contribution in [3.05, 3.63) is 187 Å². The van der Waals surface area contributed by atoms with Gasteiger partial charge in [0.05, 0.1) is 11.4 Å².